The number of para-hydroxylation sites is 1. The van der Waals surface area contributed by atoms with Gasteiger partial charge in [-0.1, -0.05) is 49.4 Å². The van der Waals surface area contributed by atoms with Crippen LogP contribution in [-0.2, 0) is 11.2 Å². The normalized spacial score (nSPS) is 19.7. The number of aliphatic hydroxyl groups is 1. The first kappa shape index (κ1) is 18.6. The van der Waals surface area contributed by atoms with Gasteiger partial charge in [-0.15, -0.1) is 0 Å². The molecule has 1 amide bonds. The highest BCUT2D eigenvalue weighted by atomic mass is 16.3. The molecule has 0 spiro atoms. The van der Waals surface area contributed by atoms with Crippen LogP contribution < -0.4 is 0 Å². The third-order valence-electron chi connectivity index (χ3n) is 5.75. The van der Waals surface area contributed by atoms with Crippen LogP contribution in [0.3, 0.4) is 0 Å². The lowest BCUT2D eigenvalue weighted by Gasteiger charge is -2.36. The fourth-order valence-corrected chi connectivity index (χ4v) is 4.03. The molecule has 0 saturated carbocycles. The molecule has 3 aromatic rings. The van der Waals surface area contributed by atoms with Crippen molar-refractivity contribution in [1.29, 1.82) is 0 Å². The standard InChI is InChI=1S/C24H26N2O2/c1-2-24(28)26-12-11-20(23(27)16-26)13-17-7-9-18(10-8-17)21-14-19-5-3-4-6-22(19)25-15-21/h3-10,14-15,20,23,27H,2,11-13,16H2,1H3/t20-,23+/m0/s1. The van der Waals surface area contributed by atoms with Crippen molar-refractivity contribution in [3.8, 4) is 11.1 Å². The maximum Gasteiger partial charge on any atom is 0.222 e. The van der Waals surface area contributed by atoms with Crippen molar-refractivity contribution in [2.24, 2.45) is 5.92 Å². The van der Waals surface area contributed by atoms with Gasteiger partial charge in [-0.3, -0.25) is 9.78 Å². The number of carbonyl (C=O) groups excluding carboxylic acids is 1. The van der Waals surface area contributed by atoms with E-state index >= 15 is 0 Å². The maximum atomic E-state index is 11.8. The van der Waals surface area contributed by atoms with Crippen LogP contribution in [0.2, 0.25) is 0 Å². The van der Waals surface area contributed by atoms with Gasteiger partial charge in [-0.25, -0.2) is 0 Å². The first-order valence-corrected chi connectivity index (χ1v) is 10.0. The Morgan fingerprint density at radius 3 is 2.68 bits per heavy atom. The van der Waals surface area contributed by atoms with Gasteiger partial charge in [-0.05, 0) is 42.0 Å². The highest BCUT2D eigenvalue weighted by Crippen LogP contribution is 2.26. The Bertz CT molecular complexity index is 968. The van der Waals surface area contributed by atoms with E-state index < -0.39 is 6.10 Å². The molecule has 1 N–H and O–H groups in total. The second kappa shape index (κ2) is 8.11. The molecule has 2 aromatic carbocycles. The number of pyridine rings is 1. The van der Waals surface area contributed by atoms with Gasteiger partial charge < -0.3 is 10.0 Å². The second-order valence-electron chi connectivity index (χ2n) is 7.63. The molecule has 4 nitrogen and oxygen atoms in total. The van der Waals surface area contributed by atoms with E-state index in [0.717, 1.165) is 41.4 Å². The predicted octanol–water partition coefficient (Wildman–Crippen LogP) is 4.06. The summed E-state index contributed by atoms with van der Waals surface area (Å²) in [5.74, 6) is 0.333. The number of β-amino-alcohol motifs (C(OH)–C–C–N with tert-alkyl or cyclic N) is 1. The smallest absolute Gasteiger partial charge is 0.222 e. The number of likely N-dealkylation sites (tertiary alicyclic amines) is 1. The van der Waals surface area contributed by atoms with Crippen LogP contribution in [0.1, 0.15) is 25.3 Å². The highest BCUT2D eigenvalue weighted by Gasteiger charge is 2.29. The van der Waals surface area contributed by atoms with Crippen molar-refractivity contribution in [3.63, 3.8) is 0 Å². The summed E-state index contributed by atoms with van der Waals surface area (Å²) in [4.78, 5) is 18.2. The highest BCUT2D eigenvalue weighted by molar-refractivity contribution is 5.83. The van der Waals surface area contributed by atoms with Gasteiger partial charge in [0.2, 0.25) is 5.91 Å². The summed E-state index contributed by atoms with van der Waals surface area (Å²) in [6.07, 6.45) is 3.66. The molecule has 0 bridgehead atoms. The number of piperidine rings is 1. The zero-order chi connectivity index (χ0) is 19.5. The third kappa shape index (κ3) is 3.92. The summed E-state index contributed by atoms with van der Waals surface area (Å²) in [6.45, 7) is 3.07. The number of fused-ring (bicyclic) bond motifs is 1. The van der Waals surface area contributed by atoms with Gasteiger partial charge in [0.1, 0.15) is 0 Å². The monoisotopic (exact) mass is 374 g/mol. The van der Waals surface area contributed by atoms with Crippen molar-refractivity contribution < 1.29 is 9.90 Å². The number of amides is 1. The molecule has 1 fully saturated rings. The average molecular weight is 374 g/mol. The summed E-state index contributed by atoms with van der Waals surface area (Å²) in [5, 5.41) is 11.6. The fourth-order valence-electron chi connectivity index (χ4n) is 4.03. The number of aliphatic hydroxyl groups excluding tert-OH is 1. The van der Waals surface area contributed by atoms with Crippen molar-refractivity contribution in [2.45, 2.75) is 32.3 Å². The Morgan fingerprint density at radius 2 is 1.93 bits per heavy atom. The molecular formula is C24H26N2O2. The summed E-state index contributed by atoms with van der Waals surface area (Å²) in [7, 11) is 0. The quantitative estimate of drug-likeness (QED) is 0.749. The second-order valence-corrected chi connectivity index (χ2v) is 7.63. The summed E-state index contributed by atoms with van der Waals surface area (Å²) in [6, 6.07) is 18.8. The predicted molar refractivity (Wildman–Crippen MR) is 112 cm³/mol. The molecule has 2 atom stereocenters. The Morgan fingerprint density at radius 1 is 1.14 bits per heavy atom. The van der Waals surface area contributed by atoms with Crippen LogP contribution in [0, 0.1) is 5.92 Å². The van der Waals surface area contributed by atoms with Gasteiger partial charge >= 0.3 is 0 Å². The topological polar surface area (TPSA) is 53.4 Å². The summed E-state index contributed by atoms with van der Waals surface area (Å²) >= 11 is 0. The molecule has 144 valence electrons. The van der Waals surface area contributed by atoms with Crippen molar-refractivity contribution >= 4 is 16.8 Å². The average Bonchev–Trinajstić information content (AvgIpc) is 2.74. The molecule has 0 radical (unpaired) electrons. The van der Waals surface area contributed by atoms with Gasteiger partial charge in [0.25, 0.3) is 0 Å². The van der Waals surface area contributed by atoms with E-state index in [9.17, 15) is 9.90 Å². The van der Waals surface area contributed by atoms with Crippen molar-refractivity contribution in [1.82, 2.24) is 9.88 Å². The SMILES string of the molecule is CCC(=O)N1CC[C@@H](Cc2ccc(-c3cnc4ccccc4c3)cc2)[C@H](O)C1. The van der Waals surface area contributed by atoms with E-state index in [0.29, 0.717) is 13.0 Å². The van der Waals surface area contributed by atoms with Crippen LogP contribution in [0.25, 0.3) is 22.0 Å². The van der Waals surface area contributed by atoms with Crippen LogP contribution >= 0.6 is 0 Å². The molecule has 28 heavy (non-hydrogen) atoms. The molecule has 1 aliphatic rings. The first-order chi connectivity index (χ1) is 13.6. The molecule has 1 aromatic heterocycles. The van der Waals surface area contributed by atoms with E-state index in [2.05, 4.69) is 41.4 Å². The molecule has 0 unspecified atom stereocenters. The van der Waals surface area contributed by atoms with E-state index in [1.807, 2.05) is 31.3 Å². The number of carbonyl (C=O) groups is 1. The number of hydrogen-bond donors (Lipinski definition) is 1. The van der Waals surface area contributed by atoms with Crippen LogP contribution in [-0.4, -0.2) is 40.1 Å². The van der Waals surface area contributed by atoms with Crippen molar-refractivity contribution in [2.75, 3.05) is 13.1 Å². The van der Waals surface area contributed by atoms with Gasteiger partial charge in [0.15, 0.2) is 0 Å². The van der Waals surface area contributed by atoms with E-state index in [4.69, 9.17) is 0 Å². The molecule has 4 rings (SSSR count). The van der Waals surface area contributed by atoms with Crippen molar-refractivity contribution in [3.05, 3.63) is 66.4 Å². The minimum Gasteiger partial charge on any atom is -0.391 e. The number of rotatable bonds is 4. The molecule has 1 aliphatic heterocycles. The van der Waals surface area contributed by atoms with E-state index in [1.165, 1.54) is 5.56 Å². The Kier molecular flexibility index (Phi) is 5.40. The third-order valence-corrected chi connectivity index (χ3v) is 5.75. The molecular weight excluding hydrogens is 348 g/mol. The number of hydrogen-bond acceptors (Lipinski definition) is 3. The molecule has 0 aliphatic carbocycles. The number of aromatic nitrogens is 1. The number of nitrogens with zero attached hydrogens (tertiary/aromatic N) is 2. The van der Waals surface area contributed by atoms with Gasteiger partial charge in [0.05, 0.1) is 11.6 Å². The lowest BCUT2D eigenvalue weighted by Crippen LogP contribution is -2.46. The Labute approximate surface area is 165 Å². The Hall–Kier alpha value is -2.72. The molecule has 2 heterocycles. The van der Waals surface area contributed by atoms with Crippen LogP contribution in [0.15, 0.2) is 60.8 Å². The summed E-state index contributed by atoms with van der Waals surface area (Å²) < 4.78 is 0. The number of benzene rings is 2. The van der Waals surface area contributed by atoms with Crippen LogP contribution in [0.4, 0.5) is 0 Å². The minimum atomic E-state index is -0.450. The van der Waals surface area contributed by atoms with Gasteiger partial charge in [-0.2, -0.15) is 0 Å². The summed E-state index contributed by atoms with van der Waals surface area (Å²) in [5.41, 5.74) is 4.48. The van der Waals surface area contributed by atoms with Crippen LogP contribution in [0.5, 0.6) is 0 Å². The largest absolute Gasteiger partial charge is 0.391 e. The Balaban J connectivity index is 1.44. The molecule has 4 heteroatoms. The lowest BCUT2D eigenvalue weighted by atomic mass is 9.87. The maximum absolute atomic E-state index is 11.8. The van der Waals surface area contributed by atoms with E-state index in [-0.39, 0.29) is 11.8 Å². The van der Waals surface area contributed by atoms with Gasteiger partial charge in [0, 0.05) is 36.7 Å². The molecule has 1 saturated heterocycles. The van der Waals surface area contributed by atoms with E-state index in [1.54, 1.807) is 4.90 Å². The first-order valence-electron chi connectivity index (χ1n) is 10.0. The zero-order valence-corrected chi connectivity index (χ0v) is 16.2. The lowest BCUT2D eigenvalue weighted by molar-refractivity contribution is -0.135. The fraction of sp³-hybridized carbons (Fsp3) is 0.333. The zero-order valence-electron chi connectivity index (χ0n) is 16.2. The minimum absolute atomic E-state index is 0.130.